The summed E-state index contributed by atoms with van der Waals surface area (Å²) in [5.41, 5.74) is -1.12. The lowest BCUT2D eigenvalue weighted by molar-refractivity contribution is -0.390. The lowest BCUT2D eigenvalue weighted by atomic mass is 10.2. The Morgan fingerprint density at radius 2 is 2.22 bits per heavy atom. The molecular formula is C8H3ClF3N3O3. The van der Waals surface area contributed by atoms with Crippen LogP contribution in [0.2, 0.25) is 0 Å². The van der Waals surface area contributed by atoms with Gasteiger partial charge in [0.2, 0.25) is 0 Å². The van der Waals surface area contributed by atoms with Crippen molar-refractivity contribution >= 4 is 17.4 Å². The molecule has 0 atom stereocenters. The second kappa shape index (κ2) is 5.05. The summed E-state index contributed by atoms with van der Waals surface area (Å²) in [4.78, 5) is 12.8. The van der Waals surface area contributed by atoms with Crippen LogP contribution in [0.3, 0.4) is 0 Å². The largest absolute Gasteiger partial charge is 0.573 e. The van der Waals surface area contributed by atoms with Crippen LogP contribution in [0.15, 0.2) is 6.07 Å². The van der Waals surface area contributed by atoms with E-state index in [0.717, 1.165) is 6.07 Å². The van der Waals surface area contributed by atoms with Crippen LogP contribution in [0, 0.1) is 21.4 Å². The van der Waals surface area contributed by atoms with Crippen molar-refractivity contribution in [1.29, 1.82) is 5.26 Å². The Morgan fingerprint density at radius 1 is 1.61 bits per heavy atom. The van der Waals surface area contributed by atoms with Crippen molar-refractivity contribution in [1.82, 2.24) is 4.98 Å². The number of rotatable bonds is 3. The average Bonchev–Trinajstić information content (AvgIpc) is 2.25. The van der Waals surface area contributed by atoms with E-state index < -0.39 is 28.4 Å². The molecule has 18 heavy (non-hydrogen) atoms. The van der Waals surface area contributed by atoms with Gasteiger partial charge in [-0.15, -0.1) is 24.8 Å². The molecule has 0 saturated carbocycles. The first kappa shape index (κ1) is 14.0. The highest BCUT2D eigenvalue weighted by molar-refractivity contribution is 6.16. The van der Waals surface area contributed by atoms with Gasteiger partial charge in [0.15, 0.2) is 17.0 Å². The van der Waals surface area contributed by atoms with Crippen LogP contribution in [0.1, 0.15) is 11.3 Å². The molecule has 0 radical (unpaired) electrons. The number of hydrogen-bond acceptors (Lipinski definition) is 5. The quantitative estimate of drug-likeness (QED) is 0.482. The minimum absolute atomic E-state index is 0.207. The van der Waals surface area contributed by atoms with E-state index in [9.17, 15) is 23.3 Å². The fraction of sp³-hybridized carbons (Fsp3) is 0.250. The van der Waals surface area contributed by atoms with E-state index in [-0.39, 0.29) is 11.6 Å². The van der Waals surface area contributed by atoms with E-state index >= 15 is 0 Å². The van der Waals surface area contributed by atoms with Crippen molar-refractivity contribution in [2.24, 2.45) is 0 Å². The van der Waals surface area contributed by atoms with E-state index in [1.807, 2.05) is 0 Å². The van der Waals surface area contributed by atoms with Gasteiger partial charge in [-0.25, -0.2) is 0 Å². The number of hydrogen-bond donors (Lipinski definition) is 0. The summed E-state index contributed by atoms with van der Waals surface area (Å²) in [6, 6.07) is 1.98. The summed E-state index contributed by atoms with van der Waals surface area (Å²) in [6.45, 7) is 0. The molecule has 0 amide bonds. The summed E-state index contributed by atoms with van der Waals surface area (Å²) in [5.74, 6) is -2.39. The second-order valence-electron chi connectivity index (χ2n) is 2.86. The first-order chi connectivity index (χ1) is 8.28. The smallest absolute Gasteiger partial charge is 0.404 e. The summed E-state index contributed by atoms with van der Waals surface area (Å²) < 4.78 is 39.7. The predicted octanol–water partition coefficient (Wildman–Crippen LogP) is 2.50. The highest BCUT2D eigenvalue weighted by Gasteiger charge is 2.35. The molecule has 0 saturated heterocycles. The molecular weight excluding hydrogens is 279 g/mol. The Hall–Kier alpha value is -2.08. The Bertz CT molecular complexity index is 527. The monoisotopic (exact) mass is 281 g/mol. The third-order valence-electron chi connectivity index (χ3n) is 1.66. The number of ether oxygens (including phenoxy) is 1. The van der Waals surface area contributed by atoms with Crippen molar-refractivity contribution in [3.8, 4) is 11.8 Å². The van der Waals surface area contributed by atoms with E-state index in [0.29, 0.717) is 0 Å². The van der Waals surface area contributed by atoms with Gasteiger partial charge < -0.3 is 14.9 Å². The molecule has 10 heteroatoms. The van der Waals surface area contributed by atoms with Gasteiger partial charge >= 0.3 is 12.2 Å². The van der Waals surface area contributed by atoms with Gasteiger partial charge in [-0.1, -0.05) is 0 Å². The molecule has 0 aliphatic heterocycles. The SMILES string of the molecule is N#Cc1c(OC(F)(F)F)cc(CCl)nc1[N+](=O)[O-]. The molecule has 0 bridgehead atoms. The third-order valence-corrected chi connectivity index (χ3v) is 1.94. The Morgan fingerprint density at radius 3 is 2.61 bits per heavy atom. The van der Waals surface area contributed by atoms with Crippen molar-refractivity contribution in [2.75, 3.05) is 0 Å². The van der Waals surface area contributed by atoms with Gasteiger partial charge in [0.1, 0.15) is 6.07 Å². The summed E-state index contributed by atoms with van der Waals surface area (Å²) >= 11 is 5.34. The zero-order chi connectivity index (χ0) is 13.9. The van der Waals surface area contributed by atoms with Crippen LogP contribution in [0.25, 0.3) is 0 Å². The zero-order valence-electron chi connectivity index (χ0n) is 8.36. The fourth-order valence-electron chi connectivity index (χ4n) is 1.07. The highest BCUT2D eigenvalue weighted by atomic mass is 35.5. The van der Waals surface area contributed by atoms with Gasteiger partial charge in [-0.3, -0.25) is 0 Å². The maximum atomic E-state index is 12.1. The van der Waals surface area contributed by atoms with Crippen LogP contribution < -0.4 is 4.74 Å². The molecule has 1 heterocycles. The number of nitriles is 1. The Kier molecular flexibility index (Phi) is 3.93. The van der Waals surface area contributed by atoms with E-state index in [1.54, 1.807) is 0 Å². The van der Waals surface area contributed by atoms with Crippen LogP contribution in [-0.4, -0.2) is 16.3 Å². The van der Waals surface area contributed by atoms with Gasteiger partial charge in [0, 0.05) is 6.07 Å². The second-order valence-corrected chi connectivity index (χ2v) is 3.13. The van der Waals surface area contributed by atoms with Gasteiger partial charge in [-0.05, 0) is 9.91 Å². The summed E-state index contributed by atoms with van der Waals surface area (Å²) in [5, 5.41) is 19.2. The normalized spacial score (nSPS) is 10.8. The maximum Gasteiger partial charge on any atom is 0.573 e. The lowest BCUT2D eigenvalue weighted by Crippen LogP contribution is -2.18. The van der Waals surface area contributed by atoms with E-state index in [2.05, 4.69) is 9.72 Å². The summed E-state index contributed by atoms with van der Waals surface area (Å²) in [6.07, 6.45) is -5.08. The first-order valence-corrected chi connectivity index (χ1v) is 4.72. The molecule has 0 fully saturated rings. The Labute approximate surface area is 103 Å². The van der Waals surface area contributed by atoms with Crippen molar-refractivity contribution in [2.45, 2.75) is 12.2 Å². The number of nitrogens with zero attached hydrogens (tertiary/aromatic N) is 3. The van der Waals surface area contributed by atoms with Crippen LogP contribution in [0.5, 0.6) is 5.75 Å². The number of halogens is 4. The van der Waals surface area contributed by atoms with Gasteiger partial charge in [-0.2, -0.15) is 5.26 Å². The van der Waals surface area contributed by atoms with E-state index in [1.165, 1.54) is 6.07 Å². The number of nitro groups is 1. The number of pyridine rings is 1. The molecule has 0 N–H and O–H groups in total. The number of alkyl halides is 4. The number of aromatic nitrogens is 1. The minimum atomic E-state index is -5.08. The van der Waals surface area contributed by atoms with Crippen LogP contribution >= 0.6 is 11.6 Å². The summed E-state index contributed by atoms with van der Waals surface area (Å²) in [7, 11) is 0. The lowest BCUT2D eigenvalue weighted by Gasteiger charge is -2.10. The third kappa shape index (κ3) is 3.21. The molecule has 1 rings (SSSR count). The molecule has 0 spiro atoms. The molecule has 96 valence electrons. The molecule has 0 aliphatic rings. The molecule has 0 unspecified atom stereocenters. The predicted molar refractivity (Wildman–Crippen MR) is 51.8 cm³/mol. The zero-order valence-corrected chi connectivity index (χ0v) is 9.12. The standard InChI is InChI=1S/C8H3ClF3N3O3/c9-2-4-1-6(18-8(10,11)12)5(3-13)7(14-4)15(16)17/h1H,2H2. The molecule has 0 aromatic carbocycles. The van der Waals surface area contributed by atoms with Gasteiger partial charge in [0.05, 0.1) is 5.88 Å². The molecule has 0 aliphatic carbocycles. The maximum absolute atomic E-state index is 12.1. The van der Waals surface area contributed by atoms with E-state index in [4.69, 9.17) is 16.9 Å². The molecule has 6 nitrogen and oxygen atoms in total. The van der Waals surface area contributed by atoms with Crippen LogP contribution in [0.4, 0.5) is 19.0 Å². The topological polar surface area (TPSA) is 89.0 Å². The van der Waals surface area contributed by atoms with Crippen molar-refractivity contribution in [3.05, 3.63) is 27.4 Å². The van der Waals surface area contributed by atoms with Crippen molar-refractivity contribution < 1.29 is 22.8 Å². The van der Waals surface area contributed by atoms with Gasteiger partial charge in [0.25, 0.3) is 0 Å². The first-order valence-electron chi connectivity index (χ1n) is 4.18. The fourth-order valence-corrected chi connectivity index (χ4v) is 1.21. The average molecular weight is 282 g/mol. The Balaban J connectivity index is 3.44. The highest BCUT2D eigenvalue weighted by Crippen LogP contribution is 2.31. The molecule has 1 aromatic heterocycles. The van der Waals surface area contributed by atoms with Crippen molar-refractivity contribution in [3.63, 3.8) is 0 Å². The minimum Gasteiger partial charge on any atom is -0.404 e. The molecule has 1 aromatic rings. The van der Waals surface area contributed by atoms with Crippen LogP contribution in [-0.2, 0) is 5.88 Å².